The molecule has 0 aliphatic carbocycles. The smallest absolute Gasteiger partial charge is 0.258 e. The summed E-state index contributed by atoms with van der Waals surface area (Å²) in [4.78, 5) is 11.9. The van der Waals surface area contributed by atoms with Gasteiger partial charge in [-0.3, -0.25) is 4.79 Å². The van der Waals surface area contributed by atoms with Gasteiger partial charge in [0.25, 0.3) is 5.91 Å². The van der Waals surface area contributed by atoms with Crippen molar-refractivity contribution in [3.8, 4) is 11.5 Å². The number of para-hydroxylation sites is 1. The lowest BCUT2D eigenvalue weighted by molar-refractivity contribution is -0.123. The molecule has 0 aliphatic heterocycles. The largest absolute Gasteiger partial charge is 0.491 e. The highest BCUT2D eigenvalue weighted by atomic mass is 35.5. The zero-order valence-corrected chi connectivity index (χ0v) is 15.0. The van der Waals surface area contributed by atoms with E-state index in [1.54, 1.807) is 18.2 Å². The monoisotopic (exact) mass is 367 g/mol. The fourth-order valence-electron chi connectivity index (χ4n) is 2.03. The zero-order chi connectivity index (χ0) is 17.5. The van der Waals surface area contributed by atoms with Gasteiger partial charge >= 0.3 is 0 Å². The van der Waals surface area contributed by atoms with Crippen LogP contribution < -0.4 is 14.8 Å². The number of carbonyl (C=O) groups excluding carboxylic acids is 1. The molecule has 2 rings (SSSR count). The van der Waals surface area contributed by atoms with Crippen LogP contribution in [0.25, 0.3) is 0 Å². The van der Waals surface area contributed by atoms with Gasteiger partial charge in [-0.15, -0.1) is 0 Å². The molecule has 0 heterocycles. The second-order valence-electron chi connectivity index (χ2n) is 5.41. The number of benzene rings is 2. The molecule has 0 radical (unpaired) electrons. The van der Waals surface area contributed by atoms with Crippen LogP contribution in [0.2, 0.25) is 10.0 Å². The molecule has 24 heavy (non-hydrogen) atoms. The van der Waals surface area contributed by atoms with E-state index < -0.39 is 0 Å². The van der Waals surface area contributed by atoms with Gasteiger partial charge in [0.1, 0.15) is 18.1 Å². The first-order valence-corrected chi connectivity index (χ1v) is 8.27. The predicted octanol–water partition coefficient (Wildman–Crippen LogP) is 4.26. The van der Waals surface area contributed by atoms with Gasteiger partial charge in [-0.05, 0) is 43.7 Å². The quantitative estimate of drug-likeness (QED) is 0.794. The van der Waals surface area contributed by atoms with Crippen LogP contribution in [0, 0.1) is 6.92 Å². The second kappa shape index (κ2) is 8.81. The molecule has 0 saturated heterocycles. The Labute approximate surface area is 151 Å². The van der Waals surface area contributed by atoms with Crippen molar-refractivity contribution >= 4 is 29.1 Å². The first-order valence-electron chi connectivity index (χ1n) is 7.51. The van der Waals surface area contributed by atoms with Gasteiger partial charge in [0.05, 0.1) is 11.1 Å². The minimum Gasteiger partial charge on any atom is -0.491 e. The van der Waals surface area contributed by atoms with Crippen molar-refractivity contribution in [2.45, 2.75) is 19.9 Å². The first-order chi connectivity index (χ1) is 11.5. The third-order valence-electron chi connectivity index (χ3n) is 3.24. The summed E-state index contributed by atoms with van der Waals surface area (Å²) < 4.78 is 11.1. The fourth-order valence-corrected chi connectivity index (χ4v) is 2.49. The highest BCUT2D eigenvalue weighted by Gasteiger charge is 2.11. The van der Waals surface area contributed by atoms with Crippen molar-refractivity contribution < 1.29 is 14.3 Å². The average molecular weight is 368 g/mol. The molecule has 1 atom stereocenters. The van der Waals surface area contributed by atoms with Gasteiger partial charge in [-0.25, -0.2) is 0 Å². The number of nitrogens with one attached hydrogen (secondary N) is 1. The van der Waals surface area contributed by atoms with Gasteiger partial charge in [0, 0.05) is 5.02 Å². The van der Waals surface area contributed by atoms with Gasteiger partial charge in [0.15, 0.2) is 6.61 Å². The average Bonchev–Trinajstić information content (AvgIpc) is 2.53. The van der Waals surface area contributed by atoms with E-state index in [1.807, 2.05) is 38.1 Å². The Kier molecular flexibility index (Phi) is 6.76. The summed E-state index contributed by atoms with van der Waals surface area (Å²) in [6.07, 6.45) is 0. The van der Waals surface area contributed by atoms with Gasteiger partial charge < -0.3 is 14.8 Å². The van der Waals surface area contributed by atoms with E-state index in [0.29, 0.717) is 22.4 Å². The number of rotatable bonds is 7. The van der Waals surface area contributed by atoms with Crippen molar-refractivity contribution in [3.05, 3.63) is 58.1 Å². The van der Waals surface area contributed by atoms with Crippen molar-refractivity contribution in [1.82, 2.24) is 5.32 Å². The first kappa shape index (κ1) is 18.4. The maximum absolute atomic E-state index is 11.9. The lowest BCUT2D eigenvalue weighted by Gasteiger charge is -2.16. The highest BCUT2D eigenvalue weighted by Crippen LogP contribution is 2.27. The predicted molar refractivity (Wildman–Crippen MR) is 96.2 cm³/mol. The lowest BCUT2D eigenvalue weighted by atomic mass is 10.2. The van der Waals surface area contributed by atoms with E-state index in [1.165, 1.54) is 0 Å². The molecular formula is C18H19Cl2NO3. The number of aryl methyl sites for hydroxylation is 1. The molecular weight excluding hydrogens is 349 g/mol. The number of hydrogen-bond donors (Lipinski definition) is 1. The van der Waals surface area contributed by atoms with Crippen LogP contribution in [0.1, 0.15) is 12.5 Å². The van der Waals surface area contributed by atoms with Crippen LogP contribution in [-0.4, -0.2) is 25.2 Å². The lowest BCUT2D eigenvalue weighted by Crippen LogP contribution is -2.39. The minimum atomic E-state index is -0.248. The Morgan fingerprint density at radius 3 is 2.58 bits per heavy atom. The maximum atomic E-state index is 11.9. The molecule has 0 aromatic heterocycles. The second-order valence-corrected chi connectivity index (χ2v) is 6.25. The molecule has 2 aromatic rings. The molecule has 0 spiro atoms. The van der Waals surface area contributed by atoms with E-state index in [-0.39, 0.29) is 18.6 Å². The van der Waals surface area contributed by atoms with Crippen molar-refractivity contribution in [1.29, 1.82) is 0 Å². The fraction of sp³-hybridized carbons (Fsp3) is 0.278. The Bertz CT molecular complexity index is 706. The van der Waals surface area contributed by atoms with E-state index in [2.05, 4.69) is 5.32 Å². The Morgan fingerprint density at radius 1 is 1.12 bits per heavy atom. The van der Waals surface area contributed by atoms with Crippen LogP contribution in [-0.2, 0) is 4.79 Å². The molecule has 0 fully saturated rings. The minimum absolute atomic E-state index is 0.129. The van der Waals surface area contributed by atoms with E-state index in [9.17, 15) is 4.79 Å². The normalized spacial score (nSPS) is 11.7. The molecule has 1 amide bonds. The van der Waals surface area contributed by atoms with E-state index in [0.717, 1.165) is 11.3 Å². The van der Waals surface area contributed by atoms with Crippen LogP contribution in [0.4, 0.5) is 0 Å². The topological polar surface area (TPSA) is 47.6 Å². The third-order valence-corrected chi connectivity index (χ3v) is 3.77. The molecule has 4 nitrogen and oxygen atoms in total. The molecule has 0 aliphatic rings. The number of ether oxygens (including phenoxy) is 2. The summed E-state index contributed by atoms with van der Waals surface area (Å²) >= 11 is 11.8. The molecule has 2 aromatic carbocycles. The SMILES string of the molecule is Cc1ccccc1OC[C@H](C)NC(=O)COc1ccc(Cl)cc1Cl. The number of carbonyl (C=O) groups is 1. The number of amides is 1. The zero-order valence-electron chi connectivity index (χ0n) is 13.5. The van der Waals surface area contributed by atoms with Crippen molar-refractivity contribution in [2.75, 3.05) is 13.2 Å². The Morgan fingerprint density at radius 2 is 1.88 bits per heavy atom. The van der Waals surface area contributed by atoms with Crippen LogP contribution in [0.15, 0.2) is 42.5 Å². The van der Waals surface area contributed by atoms with Crippen LogP contribution >= 0.6 is 23.2 Å². The van der Waals surface area contributed by atoms with Gasteiger partial charge in [0.2, 0.25) is 0 Å². The Balaban J connectivity index is 1.76. The molecule has 0 bridgehead atoms. The summed E-state index contributed by atoms with van der Waals surface area (Å²) in [5.74, 6) is 0.977. The van der Waals surface area contributed by atoms with Crippen LogP contribution in [0.3, 0.4) is 0 Å². The number of hydrogen-bond acceptors (Lipinski definition) is 3. The molecule has 0 saturated carbocycles. The van der Waals surface area contributed by atoms with Crippen molar-refractivity contribution in [2.24, 2.45) is 0 Å². The summed E-state index contributed by atoms with van der Waals surface area (Å²) in [6.45, 7) is 4.09. The summed E-state index contributed by atoms with van der Waals surface area (Å²) in [6, 6.07) is 12.4. The van der Waals surface area contributed by atoms with Crippen molar-refractivity contribution in [3.63, 3.8) is 0 Å². The molecule has 128 valence electrons. The van der Waals surface area contributed by atoms with E-state index in [4.69, 9.17) is 32.7 Å². The molecule has 1 N–H and O–H groups in total. The Hall–Kier alpha value is -1.91. The molecule has 6 heteroatoms. The molecule has 0 unspecified atom stereocenters. The standard InChI is InChI=1S/C18H19Cl2NO3/c1-12-5-3-4-6-16(12)23-10-13(2)21-18(22)11-24-17-8-7-14(19)9-15(17)20/h3-9,13H,10-11H2,1-2H3,(H,21,22)/t13-/m0/s1. The highest BCUT2D eigenvalue weighted by molar-refractivity contribution is 6.35. The van der Waals surface area contributed by atoms with Gasteiger partial charge in [-0.1, -0.05) is 41.4 Å². The van der Waals surface area contributed by atoms with Crippen LogP contribution in [0.5, 0.6) is 11.5 Å². The summed E-state index contributed by atoms with van der Waals surface area (Å²) in [5.41, 5.74) is 1.05. The van der Waals surface area contributed by atoms with Gasteiger partial charge in [-0.2, -0.15) is 0 Å². The third kappa shape index (κ3) is 5.62. The maximum Gasteiger partial charge on any atom is 0.258 e. The summed E-state index contributed by atoms with van der Waals surface area (Å²) in [5, 5.41) is 3.69. The summed E-state index contributed by atoms with van der Waals surface area (Å²) in [7, 11) is 0. The van der Waals surface area contributed by atoms with E-state index >= 15 is 0 Å². The number of halogens is 2.